The van der Waals surface area contributed by atoms with Gasteiger partial charge in [-0.2, -0.15) is 0 Å². The predicted molar refractivity (Wildman–Crippen MR) is 358 cm³/mol. The molecule has 482 valence electrons. The van der Waals surface area contributed by atoms with Gasteiger partial charge in [-0.25, -0.2) is 0 Å². The second kappa shape index (κ2) is 71.1. The Morgan fingerprint density at radius 2 is 0.439 bits per heavy atom. The van der Waals surface area contributed by atoms with Crippen LogP contribution in [0.15, 0.2) is 36.5 Å². The van der Waals surface area contributed by atoms with E-state index in [-0.39, 0.29) is 31.1 Å². The van der Waals surface area contributed by atoms with E-state index in [0.29, 0.717) is 19.3 Å². The molecule has 0 saturated carbocycles. The molecule has 0 spiro atoms. The third-order valence-electron chi connectivity index (χ3n) is 16.9. The predicted octanol–water partition coefficient (Wildman–Crippen LogP) is 25.5. The van der Waals surface area contributed by atoms with Crippen LogP contribution in [0.4, 0.5) is 0 Å². The van der Waals surface area contributed by atoms with E-state index in [1.165, 1.54) is 295 Å². The Labute approximate surface area is 512 Å². The van der Waals surface area contributed by atoms with Crippen molar-refractivity contribution < 1.29 is 28.6 Å². The largest absolute Gasteiger partial charge is 0.462 e. The molecule has 0 bridgehead atoms. The minimum absolute atomic E-state index is 0.0720. The van der Waals surface area contributed by atoms with Gasteiger partial charge >= 0.3 is 17.9 Å². The van der Waals surface area contributed by atoms with E-state index in [9.17, 15) is 14.4 Å². The molecule has 6 heteroatoms. The van der Waals surface area contributed by atoms with Gasteiger partial charge < -0.3 is 14.2 Å². The summed E-state index contributed by atoms with van der Waals surface area (Å²) in [6, 6.07) is 0. The van der Waals surface area contributed by atoms with Crippen molar-refractivity contribution >= 4 is 17.9 Å². The number of carbonyl (C=O) groups is 3. The fourth-order valence-corrected chi connectivity index (χ4v) is 11.3. The number of hydrogen-bond donors (Lipinski definition) is 0. The first-order valence-corrected chi connectivity index (χ1v) is 37.0. The molecule has 0 amide bonds. The molecule has 0 aromatic rings. The molecule has 0 heterocycles. The van der Waals surface area contributed by atoms with E-state index in [0.717, 1.165) is 77.0 Å². The van der Waals surface area contributed by atoms with Crippen LogP contribution in [-0.4, -0.2) is 37.2 Å². The summed E-state index contributed by atoms with van der Waals surface area (Å²) >= 11 is 0. The van der Waals surface area contributed by atoms with E-state index < -0.39 is 6.10 Å². The zero-order valence-corrected chi connectivity index (χ0v) is 55.5. The third kappa shape index (κ3) is 68.4. The monoisotopic (exact) mass is 1150 g/mol. The lowest BCUT2D eigenvalue weighted by atomic mass is 10.0. The van der Waals surface area contributed by atoms with E-state index >= 15 is 0 Å². The van der Waals surface area contributed by atoms with Crippen LogP contribution in [0, 0.1) is 0 Å². The lowest BCUT2D eigenvalue weighted by molar-refractivity contribution is -0.167. The third-order valence-corrected chi connectivity index (χ3v) is 16.9. The van der Waals surface area contributed by atoms with Gasteiger partial charge in [0.15, 0.2) is 6.10 Å². The Hall–Kier alpha value is -2.37. The summed E-state index contributed by atoms with van der Waals surface area (Å²) in [4.78, 5) is 38.4. The normalized spacial score (nSPS) is 12.2. The van der Waals surface area contributed by atoms with Gasteiger partial charge in [0.1, 0.15) is 13.2 Å². The average Bonchev–Trinajstić information content (AvgIpc) is 3.47. The Bertz CT molecular complexity index is 1370. The fourth-order valence-electron chi connectivity index (χ4n) is 11.3. The molecule has 0 rings (SSSR count). The number of carbonyl (C=O) groups excluding carboxylic acids is 3. The molecule has 82 heavy (non-hydrogen) atoms. The van der Waals surface area contributed by atoms with Gasteiger partial charge in [-0.1, -0.05) is 353 Å². The van der Waals surface area contributed by atoms with Crippen molar-refractivity contribution in [2.45, 2.75) is 419 Å². The highest BCUT2D eigenvalue weighted by Gasteiger charge is 2.19. The first-order valence-electron chi connectivity index (χ1n) is 37.0. The molecule has 0 aliphatic carbocycles. The van der Waals surface area contributed by atoms with Crippen molar-refractivity contribution in [1.82, 2.24) is 0 Å². The van der Waals surface area contributed by atoms with Crippen molar-refractivity contribution in [1.29, 1.82) is 0 Å². The highest BCUT2D eigenvalue weighted by atomic mass is 16.6. The van der Waals surface area contributed by atoms with Crippen molar-refractivity contribution in [2.24, 2.45) is 0 Å². The summed E-state index contributed by atoms with van der Waals surface area (Å²) in [6.45, 7) is 6.67. The van der Waals surface area contributed by atoms with E-state index in [2.05, 4.69) is 57.2 Å². The topological polar surface area (TPSA) is 78.9 Å². The van der Waals surface area contributed by atoms with E-state index in [1.807, 2.05) is 0 Å². The van der Waals surface area contributed by atoms with Gasteiger partial charge in [0, 0.05) is 19.3 Å². The lowest BCUT2D eigenvalue weighted by Crippen LogP contribution is -2.30. The van der Waals surface area contributed by atoms with Crippen molar-refractivity contribution in [2.75, 3.05) is 13.2 Å². The van der Waals surface area contributed by atoms with Crippen LogP contribution in [0.5, 0.6) is 0 Å². The first-order chi connectivity index (χ1) is 40.5. The number of esters is 3. The SMILES string of the molecule is CCCCC/C=C\C/C=C\CCCCCCCC(=O)OC(COC(=O)CCCCCCCCCCCCCCCC)COC(=O)CCCCCCCCCCCCCCCCCCCCCCCCC/C=C\CCCCCCCCCC. The van der Waals surface area contributed by atoms with Crippen LogP contribution in [-0.2, 0) is 28.6 Å². The maximum absolute atomic E-state index is 12.9. The molecular formula is C76H142O6. The molecular weight excluding hydrogens is 1010 g/mol. The van der Waals surface area contributed by atoms with Gasteiger partial charge in [-0.05, 0) is 77.0 Å². The van der Waals surface area contributed by atoms with Crippen molar-refractivity contribution in [3.05, 3.63) is 36.5 Å². The second-order valence-corrected chi connectivity index (χ2v) is 25.2. The molecule has 0 fully saturated rings. The minimum Gasteiger partial charge on any atom is -0.462 e. The van der Waals surface area contributed by atoms with Gasteiger partial charge in [0.25, 0.3) is 0 Å². The van der Waals surface area contributed by atoms with Crippen molar-refractivity contribution in [3.63, 3.8) is 0 Å². The van der Waals surface area contributed by atoms with Gasteiger partial charge in [0.05, 0.1) is 0 Å². The Morgan fingerprint density at radius 3 is 0.707 bits per heavy atom. The van der Waals surface area contributed by atoms with Crippen LogP contribution in [0.1, 0.15) is 412 Å². The summed E-state index contributed by atoms with van der Waals surface area (Å²) < 4.78 is 17.0. The summed E-state index contributed by atoms with van der Waals surface area (Å²) in [5.74, 6) is -0.857. The molecule has 0 N–H and O–H groups in total. The maximum Gasteiger partial charge on any atom is 0.306 e. The number of rotatable bonds is 69. The zero-order valence-electron chi connectivity index (χ0n) is 55.5. The standard InChI is InChI=1S/C76H142O6/c1-4-7-10-13-16-19-22-25-28-29-30-31-32-33-34-35-36-37-38-39-40-41-42-43-44-45-46-47-49-51-54-57-60-63-66-69-75(78)81-72-73(71-80-74(77)68-65-62-59-56-53-50-27-24-21-18-15-12-9-6-3)82-76(79)70-67-64-61-58-55-52-48-26-23-20-17-14-11-8-5-2/h17,20,26,29-30,48,73H,4-16,18-19,21-25,27-28,31-47,49-72H2,1-3H3/b20-17-,30-29-,48-26-. The quantitative estimate of drug-likeness (QED) is 0.0261. The highest BCUT2D eigenvalue weighted by Crippen LogP contribution is 2.19. The summed E-state index contributed by atoms with van der Waals surface area (Å²) in [6.07, 6.45) is 89.2. The lowest BCUT2D eigenvalue weighted by Gasteiger charge is -2.18. The highest BCUT2D eigenvalue weighted by molar-refractivity contribution is 5.71. The number of allylic oxidation sites excluding steroid dienone is 6. The van der Waals surface area contributed by atoms with Crippen molar-refractivity contribution in [3.8, 4) is 0 Å². The maximum atomic E-state index is 12.9. The fraction of sp³-hybridized carbons (Fsp3) is 0.882. The molecule has 0 radical (unpaired) electrons. The molecule has 6 nitrogen and oxygen atoms in total. The summed E-state index contributed by atoms with van der Waals surface area (Å²) in [5, 5.41) is 0. The van der Waals surface area contributed by atoms with Gasteiger partial charge in [-0.15, -0.1) is 0 Å². The number of hydrogen-bond acceptors (Lipinski definition) is 6. The van der Waals surface area contributed by atoms with Gasteiger partial charge in [0.2, 0.25) is 0 Å². The molecule has 1 unspecified atom stereocenters. The van der Waals surface area contributed by atoms with Crippen LogP contribution in [0.3, 0.4) is 0 Å². The van der Waals surface area contributed by atoms with Gasteiger partial charge in [-0.3, -0.25) is 14.4 Å². The second-order valence-electron chi connectivity index (χ2n) is 25.2. The smallest absolute Gasteiger partial charge is 0.306 e. The van der Waals surface area contributed by atoms with Crippen LogP contribution in [0.2, 0.25) is 0 Å². The Morgan fingerprint density at radius 1 is 0.244 bits per heavy atom. The Kier molecular flexibility index (Phi) is 69.1. The van der Waals surface area contributed by atoms with E-state index in [4.69, 9.17) is 14.2 Å². The summed E-state index contributed by atoms with van der Waals surface area (Å²) in [5.41, 5.74) is 0. The number of ether oxygens (including phenoxy) is 3. The van der Waals surface area contributed by atoms with Crippen LogP contribution < -0.4 is 0 Å². The Balaban J connectivity index is 4.06. The molecule has 0 saturated heterocycles. The first kappa shape index (κ1) is 79.6. The molecule has 0 aromatic carbocycles. The van der Waals surface area contributed by atoms with E-state index in [1.54, 1.807) is 0 Å². The van der Waals surface area contributed by atoms with Crippen LogP contribution in [0.25, 0.3) is 0 Å². The number of unbranched alkanes of at least 4 members (excludes halogenated alkanes) is 52. The average molecular weight is 1150 g/mol. The zero-order chi connectivity index (χ0) is 59.2. The minimum atomic E-state index is -0.776. The summed E-state index contributed by atoms with van der Waals surface area (Å²) in [7, 11) is 0. The molecule has 0 aromatic heterocycles. The molecule has 1 atom stereocenters. The molecule has 0 aliphatic rings. The molecule has 0 aliphatic heterocycles. The van der Waals surface area contributed by atoms with Crippen LogP contribution >= 0.6 is 0 Å².